The number of benzene rings is 1. The molecule has 2 aromatic rings. The van der Waals surface area contributed by atoms with E-state index in [1.165, 1.54) is 6.42 Å². The smallest absolute Gasteiger partial charge is 0.408 e. The molecule has 1 saturated heterocycles. The molecule has 0 bridgehead atoms. The van der Waals surface area contributed by atoms with Crippen LogP contribution in [-0.2, 0) is 25.5 Å². The van der Waals surface area contributed by atoms with Gasteiger partial charge in [0.05, 0.1) is 0 Å². The average molecular weight is 568 g/mol. The van der Waals surface area contributed by atoms with E-state index in [9.17, 15) is 19.2 Å². The van der Waals surface area contributed by atoms with Crippen molar-refractivity contribution in [3.05, 3.63) is 36.0 Å². The van der Waals surface area contributed by atoms with Gasteiger partial charge in [0.15, 0.2) is 0 Å². The van der Waals surface area contributed by atoms with E-state index in [0.29, 0.717) is 32.4 Å². The molecule has 2 atom stereocenters. The summed E-state index contributed by atoms with van der Waals surface area (Å²) in [7, 11) is 0. The summed E-state index contributed by atoms with van der Waals surface area (Å²) in [5.41, 5.74) is 1.18. The Morgan fingerprint density at radius 1 is 1.00 bits per heavy atom. The molecule has 1 aromatic heterocycles. The number of rotatable bonds is 8. The predicted octanol–water partition coefficient (Wildman–Crippen LogP) is 3.80. The van der Waals surface area contributed by atoms with Gasteiger partial charge in [-0.2, -0.15) is 0 Å². The Labute approximate surface area is 242 Å². The van der Waals surface area contributed by atoms with Crippen LogP contribution in [-0.4, -0.2) is 70.5 Å². The number of aromatic amines is 1. The van der Waals surface area contributed by atoms with Crippen LogP contribution in [0.15, 0.2) is 30.5 Å². The zero-order valence-electron chi connectivity index (χ0n) is 24.8. The van der Waals surface area contributed by atoms with Crippen LogP contribution >= 0.6 is 0 Å². The molecular formula is C31H45N5O5. The number of hydrogen-bond donors (Lipinski definition) is 4. The maximum atomic E-state index is 13.7. The van der Waals surface area contributed by atoms with Crippen LogP contribution in [0.4, 0.5) is 4.79 Å². The van der Waals surface area contributed by atoms with Gasteiger partial charge in [-0.1, -0.05) is 37.5 Å². The normalized spacial score (nSPS) is 18.4. The first-order chi connectivity index (χ1) is 19.5. The van der Waals surface area contributed by atoms with Crippen LogP contribution < -0.4 is 16.0 Å². The van der Waals surface area contributed by atoms with Gasteiger partial charge in [-0.15, -0.1) is 0 Å². The quantitative estimate of drug-likeness (QED) is 0.385. The maximum absolute atomic E-state index is 13.7. The topological polar surface area (TPSA) is 133 Å². The fraction of sp³-hybridized carbons (Fsp3) is 0.613. The lowest BCUT2D eigenvalue weighted by Crippen LogP contribution is -2.54. The first kappa shape index (κ1) is 30.4. The first-order valence-corrected chi connectivity index (χ1v) is 14.9. The first-order valence-electron chi connectivity index (χ1n) is 14.9. The van der Waals surface area contributed by atoms with Crippen molar-refractivity contribution in [2.24, 2.45) is 5.92 Å². The van der Waals surface area contributed by atoms with Crippen molar-refractivity contribution in [1.29, 1.82) is 0 Å². The number of hydrogen-bond acceptors (Lipinski definition) is 5. The van der Waals surface area contributed by atoms with Gasteiger partial charge in [-0.25, -0.2) is 4.79 Å². The number of nitrogens with zero attached hydrogens (tertiary/aromatic N) is 1. The molecule has 10 heteroatoms. The summed E-state index contributed by atoms with van der Waals surface area (Å²) in [5, 5.41) is 9.72. The molecule has 1 saturated carbocycles. The Balaban J connectivity index is 1.34. The number of aromatic nitrogens is 1. The summed E-state index contributed by atoms with van der Waals surface area (Å²) in [6.07, 6.45) is 7.93. The van der Waals surface area contributed by atoms with Crippen molar-refractivity contribution in [1.82, 2.24) is 25.8 Å². The number of piperidine rings is 1. The minimum atomic E-state index is -0.821. The Morgan fingerprint density at radius 3 is 2.37 bits per heavy atom. The van der Waals surface area contributed by atoms with E-state index in [-0.39, 0.29) is 29.7 Å². The molecular weight excluding hydrogens is 522 g/mol. The number of alkyl carbamates (subject to hydrolysis) is 1. The van der Waals surface area contributed by atoms with Gasteiger partial charge in [0.25, 0.3) is 0 Å². The maximum Gasteiger partial charge on any atom is 0.408 e. The van der Waals surface area contributed by atoms with Crippen LogP contribution in [0.25, 0.3) is 10.9 Å². The molecule has 10 nitrogen and oxygen atoms in total. The number of amides is 4. The molecule has 2 heterocycles. The third-order valence-electron chi connectivity index (χ3n) is 7.97. The summed E-state index contributed by atoms with van der Waals surface area (Å²) in [6, 6.07) is 6.59. The molecule has 1 aliphatic heterocycles. The Bertz CT molecular complexity index is 1220. The minimum absolute atomic E-state index is 0.147. The van der Waals surface area contributed by atoms with E-state index in [4.69, 9.17) is 4.74 Å². The van der Waals surface area contributed by atoms with Crippen LogP contribution in [0.5, 0.6) is 0 Å². The second-order valence-corrected chi connectivity index (χ2v) is 12.4. The fourth-order valence-electron chi connectivity index (χ4n) is 5.72. The van der Waals surface area contributed by atoms with E-state index in [0.717, 1.165) is 42.1 Å². The molecule has 1 aliphatic carbocycles. The van der Waals surface area contributed by atoms with Crippen LogP contribution in [0.2, 0.25) is 0 Å². The van der Waals surface area contributed by atoms with Crippen LogP contribution in [0, 0.1) is 5.92 Å². The third-order valence-corrected chi connectivity index (χ3v) is 7.97. The average Bonchev–Trinajstić information content (AvgIpc) is 3.34. The van der Waals surface area contributed by atoms with E-state index in [2.05, 4.69) is 20.9 Å². The van der Waals surface area contributed by atoms with Crippen molar-refractivity contribution in [2.45, 2.75) is 103 Å². The molecule has 4 amide bonds. The van der Waals surface area contributed by atoms with Gasteiger partial charge in [0.1, 0.15) is 17.7 Å². The molecule has 224 valence electrons. The van der Waals surface area contributed by atoms with Crippen LogP contribution in [0.1, 0.15) is 78.2 Å². The molecule has 2 aliphatic rings. The molecule has 2 unspecified atom stereocenters. The second kappa shape index (κ2) is 13.4. The molecule has 0 spiro atoms. The van der Waals surface area contributed by atoms with Crippen molar-refractivity contribution in [3.8, 4) is 0 Å². The van der Waals surface area contributed by atoms with Gasteiger partial charge in [-0.05, 0) is 65.0 Å². The third kappa shape index (κ3) is 8.47. The highest BCUT2D eigenvalue weighted by atomic mass is 16.6. The standard InChI is InChI=1S/C31H45N5O5/c1-20(27(37)34-23-10-6-5-7-11-23)33-28(38)21-14-16-36(17-15-21)29(39)26(35-30(40)41-31(2,3)4)18-22-19-32-25-13-9-8-12-24(22)25/h8-9,12-13,19-21,23,26,32H,5-7,10-11,14-18H2,1-4H3,(H,33,38)(H,34,37)(H,35,40). The van der Waals surface area contributed by atoms with Crippen molar-refractivity contribution >= 4 is 34.7 Å². The van der Waals surface area contributed by atoms with Crippen molar-refractivity contribution in [2.75, 3.05) is 13.1 Å². The van der Waals surface area contributed by atoms with Crippen molar-refractivity contribution < 1.29 is 23.9 Å². The second-order valence-electron chi connectivity index (χ2n) is 12.4. The van der Waals surface area contributed by atoms with E-state index in [1.807, 2.05) is 30.5 Å². The zero-order chi connectivity index (χ0) is 29.6. The lowest BCUT2D eigenvalue weighted by atomic mass is 9.94. The summed E-state index contributed by atoms with van der Waals surface area (Å²) < 4.78 is 5.45. The summed E-state index contributed by atoms with van der Waals surface area (Å²) in [4.78, 5) is 56.9. The predicted molar refractivity (Wildman–Crippen MR) is 157 cm³/mol. The Morgan fingerprint density at radius 2 is 1.68 bits per heavy atom. The van der Waals surface area contributed by atoms with Crippen molar-refractivity contribution in [3.63, 3.8) is 0 Å². The van der Waals surface area contributed by atoms with Gasteiger partial charge in [0.2, 0.25) is 17.7 Å². The van der Waals surface area contributed by atoms with Gasteiger partial charge >= 0.3 is 6.09 Å². The highest BCUT2D eigenvalue weighted by Crippen LogP contribution is 2.23. The number of fused-ring (bicyclic) bond motifs is 1. The van der Waals surface area contributed by atoms with Crippen LogP contribution in [0.3, 0.4) is 0 Å². The molecule has 41 heavy (non-hydrogen) atoms. The van der Waals surface area contributed by atoms with E-state index in [1.54, 1.807) is 32.6 Å². The van der Waals surface area contributed by atoms with Gasteiger partial charge in [-0.3, -0.25) is 14.4 Å². The number of carbonyl (C=O) groups is 4. The lowest BCUT2D eigenvalue weighted by molar-refractivity contribution is -0.138. The summed E-state index contributed by atoms with van der Waals surface area (Å²) in [6.45, 7) is 7.82. The van der Waals surface area contributed by atoms with E-state index < -0.39 is 23.8 Å². The molecule has 4 N–H and O–H groups in total. The monoisotopic (exact) mass is 567 g/mol. The number of nitrogens with one attached hydrogen (secondary N) is 4. The Hall–Kier alpha value is -3.56. The number of ether oxygens (including phenoxy) is 1. The number of carbonyl (C=O) groups excluding carboxylic acids is 4. The summed E-state index contributed by atoms with van der Waals surface area (Å²) >= 11 is 0. The van der Waals surface area contributed by atoms with Gasteiger partial charge in [0, 0.05) is 48.6 Å². The molecule has 0 radical (unpaired) electrons. The fourth-order valence-corrected chi connectivity index (χ4v) is 5.72. The highest BCUT2D eigenvalue weighted by molar-refractivity contribution is 5.90. The largest absolute Gasteiger partial charge is 0.444 e. The Kier molecular flexibility index (Phi) is 9.94. The minimum Gasteiger partial charge on any atom is -0.444 e. The SMILES string of the molecule is CC(NC(=O)C1CCN(C(=O)C(Cc2c[nH]c3ccccc23)NC(=O)OC(C)(C)C)CC1)C(=O)NC1CCCCC1. The molecule has 1 aromatic carbocycles. The lowest BCUT2D eigenvalue weighted by Gasteiger charge is -2.34. The molecule has 2 fully saturated rings. The number of likely N-dealkylation sites (tertiary alicyclic amines) is 1. The molecule has 4 rings (SSSR count). The summed E-state index contributed by atoms with van der Waals surface area (Å²) in [5.74, 6) is -0.799. The van der Waals surface area contributed by atoms with Gasteiger partial charge < -0.3 is 30.6 Å². The number of para-hydroxylation sites is 1. The highest BCUT2D eigenvalue weighted by Gasteiger charge is 2.34. The van der Waals surface area contributed by atoms with E-state index >= 15 is 0 Å². The zero-order valence-corrected chi connectivity index (χ0v) is 24.8. The number of H-pyrrole nitrogens is 1.